The zero-order valence-corrected chi connectivity index (χ0v) is 12.5. The van der Waals surface area contributed by atoms with Gasteiger partial charge in [-0.1, -0.05) is 35.5 Å². The van der Waals surface area contributed by atoms with Gasteiger partial charge in [-0.15, -0.1) is 0 Å². The molecule has 0 amide bonds. The number of carbonyl (C=O) groups is 1. The first-order valence-corrected chi connectivity index (χ1v) is 7.42. The number of carboxylic acid groups (broad SMARTS) is 1. The number of carboxylic acids is 1. The molecule has 5 nitrogen and oxygen atoms in total. The molecule has 1 atom stereocenters. The summed E-state index contributed by atoms with van der Waals surface area (Å²) in [5.74, 6) is -0.102. The second-order valence-corrected chi connectivity index (χ2v) is 5.37. The summed E-state index contributed by atoms with van der Waals surface area (Å²) in [5.41, 5.74) is 2.80. The lowest BCUT2D eigenvalue weighted by molar-refractivity contribution is -0.139. The molecule has 2 aromatic rings. The van der Waals surface area contributed by atoms with Crippen molar-refractivity contribution in [3.63, 3.8) is 0 Å². The van der Waals surface area contributed by atoms with Crippen LogP contribution in [0.4, 0.5) is 0 Å². The first-order chi connectivity index (χ1) is 11.2. The van der Waals surface area contributed by atoms with Crippen molar-refractivity contribution in [3.05, 3.63) is 65.7 Å². The second-order valence-electron chi connectivity index (χ2n) is 5.37. The molecule has 0 radical (unpaired) electrons. The predicted octanol–water partition coefficient (Wildman–Crippen LogP) is 3.23. The summed E-state index contributed by atoms with van der Waals surface area (Å²) in [5, 5.41) is 12.7. The lowest BCUT2D eigenvalue weighted by Gasteiger charge is -2.07. The number of hydrogen-bond donors (Lipinski definition) is 1. The van der Waals surface area contributed by atoms with Gasteiger partial charge in [0.1, 0.15) is 18.5 Å². The van der Waals surface area contributed by atoms with E-state index in [1.807, 2.05) is 54.6 Å². The highest BCUT2D eigenvalue weighted by molar-refractivity contribution is 6.01. The Balaban J connectivity index is 1.56. The third-order valence-corrected chi connectivity index (χ3v) is 3.57. The van der Waals surface area contributed by atoms with Gasteiger partial charge >= 0.3 is 5.97 Å². The van der Waals surface area contributed by atoms with Crippen molar-refractivity contribution >= 4 is 11.7 Å². The molecule has 0 aliphatic carbocycles. The van der Waals surface area contributed by atoms with Crippen molar-refractivity contribution < 1.29 is 19.5 Å². The van der Waals surface area contributed by atoms with E-state index in [1.165, 1.54) is 0 Å². The maximum Gasteiger partial charge on any atom is 0.307 e. The van der Waals surface area contributed by atoms with E-state index in [0.29, 0.717) is 13.0 Å². The normalized spacial score (nSPS) is 16.5. The van der Waals surface area contributed by atoms with Crippen molar-refractivity contribution in [1.82, 2.24) is 0 Å². The van der Waals surface area contributed by atoms with Crippen LogP contribution in [0.2, 0.25) is 0 Å². The predicted molar refractivity (Wildman–Crippen MR) is 85.5 cm³/mol. The zero-order valence-electron chi connectivity index (χ0n) is 12.5. The molecule has 1 aliphatic rings. The Morgan fingerprint density at radius 2 is 1.91 bits per heavy atom. The van der Waals surface area contributed by atoms with Gasteiger partial charge in [-0.2, -0.15) is 0 Å². The molecule has 0 saturated heterocycles. The molecule has 0 saturated carbocycles. The summed E-state index contributed by atoms with van der Waals surface area (Å²) >= 11 is 0. The molecule has 1 aliphatic heterocycles. The van der Waals surface area contributed by atoms with Crippen molar-refractivity contribution in [2.45, 2.75) is 25.6 Å². The zero-order chi connectivity index (χ0) is 16.1. The second kappa shape index (κ2) is 6.96. The highest BCUT2D eigenvalue weighted by Crippen LogP contribution is 2.21. The van der Waals surface area contributed by atoms with Crippen molar-refractivity contribution in [1.29, 1.82) is 0 Å². The van der Waals surface area contributed by atoms with Crippen LogP contribution in [0.1, 0.15) is 24.0 Å². The van der Waals surface area contributed by atoms with Crippen molar-refractivity contribution in [2.75, 3.05) is 0 Å². The van der Waals surface area contributed by atoms with Crippen LogP contribution in [0.5, 0.6) is 5.75 Å². The Labute approximate surface area is 134 Å². The smallest absolute Gasteiger partial charge is 0.307 e. The first kappa shape index (κ1) is 15.1. The number of hydrogen-bond acceptors (Lipinski definition) is 4. The third-order valence-electron chi connectivity index (χ3n) is 3.57. The average molecular weight is 311 g/mol. The Kier molecular flexibility index (Phi) is 4.57. The Morgan fingerprint density at radius 3 is 2.61 bits per heavy atom. The van der Waals surface area contributed by atoms with Crippen LogP contribution in [-0.2, 0) is 16.2 Å². The molecule has 3 rings (SSSR count). The molecular formula is C18H17NO4. The van der Waals surface area contributed by atoms with Crippen LogP contribution in [0.25, 0.3) is 0 Å². The molecule has 23 heavy (non-hydrogen) atoms. The summed E-state index contributed by atoms with van der Waals surface area (Å²) in [6, 6.07) is 17.5. The van der Waals surface area contributed by atoms with Crippen LogP contribution in [0, 0.1) is 0 Å². The molecule has 1 unspecified atom stereocenters. The molecule has 1 N–H and O–H groups in total. The monoisotopic (exact) mass is 311 g/mol. The number of aliphatic carboxylic acids is 1. The maximum atomic E-state index is 10.7. The molecule has 1 heterocycles. The first-order valence-electron chi connectivity index (χ1n) is 7.42. The number of benzene rings is 2. The molecule has 0 aromatic heterocycles. The molecular weight excluding hydrogens is 294 g/mol. The minimum absolute atomic E-state index is 0.0364. The summed E-state index contributed by atoms with van der Waals surface area (Å²) < 4.78 is 5.73. The minimum atomic E-state index is -0.879. The van der Waals surface area contributed by atoms with Gasteiger partial charge in [0.15, 0.2) is 0 Å². The molecule has 118 valence electrons. The Bertz CT molecular complexity index is 695. The van der Waals surface area contributed by atoms with Gasteiger partial charge < -0.3 is 14.7 Å². The lowest BCUT2D eigenvalue weighted by Crippen LogP contribution is -2.13. The average Bonchev–Trinajstić information content (AvgIpc) is 3.02. The molecule has 0 fully saturated rings. The fourth-order valence-electron chi connectivity index (χ4n) is 2.39. The topological polar surface area (TPSA) is 68.1 Å². The van der Waals surface area contributed by atoms with Gasteiger partial charge in [0, 0.05) is 6.42 Å². The van der Waals surface area contributed by atoms with E-state index >= 15 is 0 Å². The quantitative estimate of drug-likeness (QED) is 0.889. The van der Waals surface area contributed by atoms with Crippen LogP contribution >= 0.6 is 0 Å². The summed E-state index contributed by atoms with van der Waals surface area (Å²) in [6.07, 6.45) is 0.0958. The number of ether oxygens (including phenoxy) is 1. The summed E-state index contributed by atoms with van der Waals surface area (Å²) in [7, 11) is 0. The van der Waals surface area contributed by atoms with Crippen LogP contribution in [0.15, 0.2) is 59.8 Å². The van der Waals surface area contributed by atoms with Gasteiger partial charge in [0.25, 0.3) is 0 Å². The van der Waals surface area contributed by atoms with Gasteiger partial charge in [-0.3, -0.25) is 4.79 Å². The van der Waals surface area contributed by atoms with E-state index in [2.05, 4.69) is 5.16 Å². The maximum absolute atomic E-state index is 10.7. The fraction of sp³-hybridized carbons (Fsp3) is 0.222. The van der Waals surface area contributed by atoms with E-state index < -0.39 is 5.97 Å². The van der Waals surface area contributed by atoms with Gasteiger partial charge in [0.05, 0.1) is 12.1 Å². The van der Waals surface area contributed by atoms with E-state index in [9.17, 15) is 4.79 Å². The van der Waals surface area contributed by atoms with Gasteiger partial charge in [-0.25, -0.2) is 0 Å². The molecule has 5 heteroatoms. The summed E-state index contributed by atoms with van der Waals surface area (Å²) in [6.45, 7) is 0.519. The van der Waals surface area contributed by atoms with E-state index in [-0.39, 0.29) is 12.5 Å². The molecule has 2 aromatic carbocycles. The largest absolute Gasteiger partial charge is 0.489 e. The fourth-order valence-corrected chi connectivity index (χ4v) is 2.39. The number of nitrogens with zero attached hydrogens (tertiary/aromatic N) is 1. The standard InChI is InChI=1S/C18H17NO4/c20-18(21)11-16-10-17(19-23-16)14-6-8-15(9-7-14)22-12-13-4-2-1-3-5-13/h1-9,16H,10-12H2,(H,20,21). The van der Waals surface area contributed by atoms with Crippen molar-refractivity contribution in [2.24, 2.45) is 5.16 Å². The SMILES string of the molecule is O=C(O)CC1CC(c2ccc(OCc3ccccc3)cc2)=NO1. The Morgan fingerprint density at radius 1 is 1.17 bits per heavy atom. The summed E-state index contributed by atoms with van der Waals surface area (Å²) in [4.78, 5) is 15.8. The number of oxime groups is 1. The van der Waals surface area contributed by atoms with Crippen molar-refractivity contribution in [3.8, 4) is 5.75 Å². The van der Waals surface area contributed by atoms with Gasteiger partial charge in [-0.05, 0) is 35.4 Å². The van der Waals surface area contributed by atoms with E-state index in [0.717, 1.165) is 22.6 Å². The van der Waals surface area contributed by atoms with Crippen LogP contribution in [0.3, 0.4) is 0 Å². The minimum Gasteiger partial charge on any atom is -0.489 e. The number of rotatable bonds is 6. The highest BCUT2D eigenvalue weighted by atomic mass is 16.6. The lowest BCUT2D eigenvalue weighted by atomic mass is 10.0. The molecule has 0 bridgehead atoms. The molecule has 0 spiro atoms. The third kappa shape index (κ3) is 4.10. The highest BCUT2D eigenvalue weighted by Gasteiger charge is 2.24. The van der Waals surface area contributed by atoms with E-state index in [1.54, 1.807) is 0 Å². The van der Waals surface area contributed by atoms with Crippen LogP contribution in [-0.4, -0.2) is 22.9 Å². The van der Waals surface area contributed by atoms with E-state index in [4.69, 9.17) is 14.7 Å². The van der Waals surface area contributed by atoms with Crippen LogP contribution < -0.4 is 4.74 Å². The Hall–Kier alpha value is -2.82. The van der Waals surface area contributed by atoms with Gasteiger partial charge in [0.2, 0.25) is 0 Å².